The normalized spacial score (nSPS) is 20.8. The van der Waals surface area contributed by atoms with Crippen molar-refractivity contribution in [3.05, 3.63) is 47.5 Å². The third kappa shape index (κ3) is 3.45. The molecule has 0 unspecified atom stereocenters. The summed E-state index contributed by atoms with van der Waals surface area (Å²) in [6.07, 6.45) is 1.04. The first-order chi connectivity index (χ1) is 10.3. The Balaban J connectivity index is 2.04. The highest BCUT2D eigenvalue weighted by Crippen LogP contribution is 2.32. The van der Waals surface area contributed by atoms with Crippen molar-refractivity contribution >= 4 is 11.7 Å². The molecule has 1 heterocycles. The highest BCUT2D eigenvalue weighted by Gasteiger charge is 2.51. The predicted octanol–water partition coefficient (Wildman–Crippen LogP) is 2.63. The molecule has 0 radical (unpaired) electrons. The predicted molar refractivity (Wildman–Crippen MR) is 85.2 cm³/mol. The van der Waals surface area contributed by atoms with Gasteiger partial charge < -0.3 is 10.1 Å². The number of carbonyl (C=O) groups is 2. The van der Waals surface area contributed by atoms with E-state index in [9.17, 15) is 9.59 Å². The Bertz CT molecular complexity index is 586. The van der Waals surface area contributed by atoms with Crippen LogP contribution in [0.3, 0.4) is 0 Å². The van der Waals surface area contributed by atoms with Gasteiger partial charge in [-0.15, -0.1) is 0 Å². The van der Waals surface area contributed by atoms with Crippen molar-refractivity contribution in [2.24, 2.45) is 5.41 Å². The van der Waals surface area contributed by atoms with Gasteiger partial charge in [-0.2, -0.15) is 0 Å². The second-order valence-electron chi connectivity index (χ2n) is 6.51. The van der Waals surface area contributed by atoms with Crippen LogP contribution in [0.4, 0.5) is 0 Å². The van der Waals surface area contributed by atoms with E-state index < -0.39 is 11.5 Å². The summed E-state index contributed by atoms with van der Waals surface area (Å²) in [5.74, 6) is -0.148. The minimum absolute atomic E-state index is 0.00538. The SMILES string of the molecule is CC(C)=CC(=O)C(C)(C)[C@@H]1NC(=O)[C@@H]1OCc1ccccc1. The zero-order chi connectivity index (χ0) is 16.3. The number of amides is 1. The summed E-state index contributed by atoms with van der Waals surface area (Å²) in [4.78, 5) is 24.1. The minimum atomic E-state index is -0.688. The van der Waals surface area contributed by atoms with Crippen LogP contribution >= 0.6 is 0 Å². The van der Waals surface area contributed by atoms with E-state index in [0.717, 1.165) is 11.1 Å². The lowest BCUT2D eigenvalue weighted by Gasteiger charge is -2.44. The van der Waals surface area contributed by atoms with Gasteiger partial charge in [-0.3, -0.25) is 9.59 Å². The maximum absolute atomic E-state index is 12.4. The van der Waals surface area contributed by atoms with E-state index in [1.807, 2.05) is 58.0 Å². The molecule has 1 N–H and O–H groups in total. The maximum Gasteiger partial charge on any atom is 0.251 e. The summed E-state index contributed by atoms with van der Waals surface area (Å²) in [6, 6.07) is 9.39. The Morgan fingerprint density at radius 1 is 1.27 bits per heavy atom. The number of ketones is 1. The average molecular weight is 301 g/mol. The van der Waals surface area contributed by atoms with Crippen LogP contribution in [-0.4, -0.2) is 23.8 Å². The van der Waals surface area contributed by atoms with Crippen molar-refractivity contribution in [1.29, 1.82) is 0 Å². The van der Waals surface area contributed by atoms with Crippen LogP contribution in [-0.2, 0) is 20.9 Å². The van der Waals surface area contributed by atoms with E-state index in [1.54, 1.807) is 6.08 Å². The lowest BCUT2D eigenvalue weighted by atomic mass is 9.73. The smallest absolute Gasteiger partial charge is 0.251 e. The topological polar surface area (TPSA) is 55.4 Å². The molecule has 1 fully saturated rings. The molecule has 0 aliphatic carbocycles. The maximum atomic E-state index is 12.4. The Labute approximate surface area is 131 Å². The molecule has 0 bridgehead atoms. The van der Waals surface area contributed by atoms with Crippen molar-refractivity contribution in [1.82, 2.24) is 5.32 Å². The fraction of sp³-hybridized carbons (Fsp3) is 0.444. The second kappa shape index (κ2) is 6.44. The molecule has 1 saturated heterocycles. The molecule has 0 aromatic heterocycles. The lowest BCUT2D eigenvalue weighted by molar-refractivity contribution is -0.158. The average Bonchev–Trinajstić information content (AvgIpc) is 2.45. The van der Waals surface area contributed by atoms with Crippen molar-refractivity contribution in [2.75, 3.05) is 0 Å². The van der Waals surface area contributed by atoms with Gasteiger partial charge in [0.05, 0.1) is 18.1 Å². The van der Waals surface area contributed by atoms with Crippen LogP contribution in [0.5, 0.6) is 0 Å². The van der Waals surface area contributed by atoms with Gasteiger partial charge in [0.2, 0.25) is 0 Å². The summed E-state index contributed by atoms with van der Waals surface area (Å²) in [7, 11) is 0. The molecule has 1 amide bonds. The van der Waals surface area contributed by atoms with E-state index in [4.69, 9.17) is 4.74 Å². The number of benzene rings is 1. The van der Waals surface area contributed by atoms with Crippen LogP contribution in [0.25, 0.3) is 0 Å². The number of hydrogen-bond acceptors (Lipinski definition) is 3. The van der Waals surface area contributed by atoms with Crippen LogP contribution < -0.4 is 5.32 Å². The first-order valence-corrected chi connectivity index (χ1v) is 7.47. The molecular weight excluding hydrogens is 278 g/mol. The third-order valence-electron chi connectivity index (χ3n) is 3.96. The fourth-order valence-corrected chi connectivity index (χ4v) is 2.46. The quantitative estimate of drug-likeness (QED) is 0.649. The molecule has 4 heteroatoms. The monoisotopic (exact) mass is 301 g/mol. The molecule has 2 rings (SSSR count). The van der Waals surface area contributed by atoms with Gasteiger partial charge in [0.15, 0.2) is 11.9 Å². The standard InChI is InChI=1S/C18H23NO3/c1-12(2)10-14(20)18(3,4)16-15(17(21)19-16)22-11-13-8-6-5-7-9-13/h5-10,15-16H,11H2,1-4H3,(H,19,21)/t15-,16-/m1/s1. The summed E-state index contributed by atoms with van der Waals surface area (Å²) in [5, 5.41) is 2.81. The van der Waals surface area contributed by atoms with Gasteiger partial charge in [0.25, 0.3) is 5.91 Å². The molecule has 22 heavy (non-hydrogen) atoms. The lowest BCUT2D eigenvalue weighted by Crippen LogP contribution is -2.70. The first-order valence-electron chi connectivity index (χ1n) is 7.47. The molecule has 0 spiro atoms. The summed E-state index contributed by atoms with van der Waals surface area (Å²) in [6.45, 7) is 7.82. The van der Waals surface area contributed by atoms with Crippen LogP contribution in [0.2, 0.25) is 0 Å². The van der Waals surface area contributed by atoms with E-state index >= 15 is 0 Å². The zero-order valence-electron chi connectivity index (χ0n) is 13.6. The molecule has 118 valence electrons. The minimum Gasteiger partial charge on any atom is -0.361 e. The fourth-order valence-electron chi connectivity index (χ4n) is 2.46. The largest absolute Gasteiger partial charge is 0.361 e. The van der Waals surface area contributed by atoms with Gasteiger partial charge in [-0.05, 0) is 25.5 Å². The second-order valence-corrected chi connectivity index (χ2v) is 6.51. The van der Waals surface area contributed by atoms with Gasteiger partial charge in [-0.25, -0.2) is 0 Å². The van der Waals surface area contributed by atoms with Crippen molar-refractivity contribution < 1.29 is 14.3 Å². The number of ether oxygens (including phenoxy) is 1. The molecule has 1 aliphatic heterocycles. The Hall–Kier alpha value is -1.94. The number of β-lactam (4-membered cyclic amide) rings is 1. The zero-order valence-corrected chi connectivity index (χ0v) is 13.6. The molecule has 1 aliphatic rings. The number of hydrogen-bond donors (Lipinski definition) is 1. The highest BCUT2D eigenvalue weighted by atomic mass is 16.5. The van der Waals surface area contributed by atoms with E-state index in [0.29, 0.717) is 6.61 Å². The highest BCUT2D eigenvalue weighted by molar-refractivity contribution is 5.99. The summed E-state index contributed by atoms with van der Waals surface area (Å²) >= 11 is 0. The molecular formula is C18H23NO3. The van der Waals surface area contributed by atoms with Gasteiger partial charge >= 0.3 is 0 Å². The first kappa shape index (κ1) is 16.4. The van der Waals surface area contributed by atoms with E-state index in [-0.39, 0.29) is 17.7 Å². The number of nitrogens with one attached hydrogen (secondary N) is 1. The van der Waals surface area contributed by atoms with Crippen molar-refractivity contribution in [3.63, 3.8) is 0 Å². The summed E-state index contributed by atoms with van der Waals surface area (Å²) in [5.41, 5.74) is 1.27. The summed E-state index contributed by atoms with van der Waals surface area (Å²) < 4.78 is 5.75. The van der Waals surface area contributed by atoms with Crippen LogP contribution in [0.1, 0.15) is 33.3 Å². The number of allylic oxidation sites excluding steroid dienone is 2. The van der Waals surface area contributed by atoms with Crippen LogP contribution in [0.15, 0.2) is 42.0 Å². The molecule has 2 atom stereocenters. The van der Waals surface area contributed by atoms with Gasteiger partial charge in [-0.1, -0.05) is 49.8 Å². The van der Waals surface area contributed by atoms with E-state index in [1.165, 1.54) is 0 Å². The number of carbonyl (C=O) groups excluding carboxylic acids is 2. The molecule has 1 aromatic rings. The van der Waals surface area contributed by atoms with Gasteiger partial charge in [0, 0.05) is 0 Å². The van der Waals surface area contributed by atoms with Crippen molar-refractivity contribution in [3.8, 4) is 0 Å². The van der Waals surface area contributed by atoms with Gasteiger partial charge in [0.1, 0.15) is 0 Å². The van der Waals surface area contributed by atoms with E-state index in [2.05, 4.69) is 5.32 Å². The van der Waals surface area contributed by atoms with Crippen molar-refractivity contribution in [2.45, 2.75) is 46.4 Å². The Morgan fingerprint density at radius 2 is 1.91 bits per heavy atom. The Kier molecular flexibility index (Phi) is 4.81. The number of rotatable bonds is 6. The molecule has 0 saturated carbocycles. The Morgan fingerprint density at radius 3 is 2.45 bits per heavy atom. The van der Waals surface area contributed by atoms with Crippen LogP contribution in [0, 0.1) is 5.41 Å². The molecule has 4 nitrogen and oxygen atoms in total. The molecule has 1 aromatic carbocycles. The third-order valence-corrected chi connectivity index (χ3v) is 3.96.